The van der Waals surface area contributed by atoms with Gasteiger partial charge in [-0.1, -0.05) is 119 Å². The summed E-state index contributed by atoms with van der Waals surface area (Å²) in [6.45, 7) is 5.91. The molecule has 0 unspecified atom stereocenters. The Kier molecular flexibility index (Phi) is 12.7. The summed E-state index contributed by atoms with van der Waals surface area (Å²) < 4.78 is 2.26. The maximum Gasteiger partial charge on any atom is 0.169 e. The number of fused-ring (bicyclic) bond motifs is 2. The Morgan fingerprint density at radius 2 is 1.25 bits per heavy atom. The monoisotopic (exact) mass is 670 g/mol. The van der Waals surface area contributed by atoms with Gasteiger partial charge in [0.1, 0.15) is 0 Å². The molecule has 4 nitrogen and oxygen atoms in total. The number of rotatable bonds is 15. The highest BCUT2D eigenvalue weighted by atomic mass is 33.1. The summed E-state index contributed by atoms with van der Waals surface area (Å²) in [7, 11) is 12.2. The van der Waals surface area contributed by atoms with Crippen molar-refractivity contribution in [2.45, 2.75) is 6.54 Å². The summed E-state index contributed by atoms with van der Waals surface area (Å²) in [5, 5.41) is 5.06. The summed E-state index contributed by atoms with van der Waals surface area (Å²) in [6, 6.07) is 30.3. The van der Waals surface area contributed by atoms with Gasteiger partial charge in [0.15, 0.2) is 31.7 Å². The Morgan fingerprint density at radius 1 is 0.688 bits per heavy atom. The number of nitrogens with one attached hydrogen (secondary N) is 1. The highest BCUT2D eigenvalue weighted by Crippen LogP contribution is 2.30. The fraction of sp³-hybridized carbons (Fsp3) is 0.190. The number of aromatic nitrogens is 1. The minimum Gasteiger partial charge on any atom is -0.377 e. The molecular formula is C42H46N4S2+2. The van der Waals surface area contributed by atoms with E-state index in [1.54, 1.807) is 0 Å². The number of hydrogen-bond donors (Lipinski definition) is 1. The van der Waals surface area contributed by atoms with E-state index in [1.807, 2.05) is 33.9 Å². The third kappa shape index (κ3) is 9.30. The van der Waals surface area contributed by atoms with Gasteiger partial charge in [-0.05, 0) is 45.2 Å². The van der Waals surface area contributed by atoms with Crippen LogP contribution < -0.4 is 19.4 Å². The van der Waals surface area contributed by atoms with Gasteiger partial charge >= 0.3 is 0 Å². The van der Waals surface area contributed by atoms with Gasteiger partial charge in [-0.15, -0.1) is 0 Å². The van der Waals surface area contributed by atoms with Crippen LogP contribution in [-0.2, 0) is 6.54 Å². The Hall–Kier alpha value is -4.52. The number of pyridine rings is 1. The van der Waals surface area contributed by atoms with E-state index in [9.17, 15) is 0 Å². The van der Waals surface area contributed by atoms with E-state index in [2.05, 4.69) is 182 Å². The molecular weight excluding hydrogens is 625 g/mol. The fourth-order valence-electron chi connectivity index (χ4n) is 5.58. The van der Waals surface area contributed by atoms with E-state index in [0.29, 0.717) is 0 Å². The molecule has 5 rings (SSSR count). The summed E-state index contributed by atoms with van der Waals surface area (Å²) in [5.41, 5.74) is 7.17. The van der Waals surface area contributed by atoms with Crippen LogP contribution in [-0.4, -0.2) is 52.5 Å². The van der Waals surface area contributed by atoms with E-state index in [0.717, 1.165) is 30.2 Å². The third-order valence-corrected chi connectivity index (χ3v) is 10.5. The lowest BCUT2D eigenvalue weighted by Gasteiger charge is -2.16. The second-order valence-corrected chi connectivity index (χ2v) is 14.6. The summed E-state index contributed by atoms with van der Waals surface area (Å²) >= 11 is 0. The second-order valence-electron chi connectivity index (χ2n) is 11.9. The quantitative estimate of drug-likeness (QED) is 0.0402. The minimum absolute atomic E-state index is 0.917. The van der Waals surface area contributed by atoms with Crippen molar-refractivity contribution in [3.63, 3.8) is 0 Å². The molecule has 0 aliphatic heterocycles. The van der Waals surface area contributed by atoms with Crippen molar-refractivity contribution in [3.05, 3.63) is 144 Å². The van der Waals surface area contributed by atoms with Crippen molar-refractivity contribution in [2.75, 3.05) is 56.0 Å². The van der Waals surface area contributed by atoms with Crippen LogP contribution >= 0.6 is 21.6 Å². The number of anilines is 2. The van der Waals surface area contributed by atoms with Crippen LogP contribution in [0.2, 0.25) is 0 Å². The molecule has 0 fully saturated rings. The Balaban J connectivity index is 1.04. The Labute approximate surface area is 294 Å². The molecule has 1 heterocycles. The van der Waals surface area contributed by atoms with Crippen LogP contribution in [0.1, 0.15) is 16.7 Å². The minimum atomic E-state index is 0.917. The van der Waals surface area contributed by atoms with Gasteiger partial charge in [-0.2, -0.15) is 0 Å². The van der Waals surface area contributed by atoms with Gasteiger partial charge in [-0.25, -0.2) is 9.56 Å². The summed E-state index contributed by atoms with van der Waals surface area (Å²) in [5.74, 6) is 2.10. The van der Waals surface area contributed by atoms with Crippen molar-refractivity contribution >= 4 is 79.0 Å². The van der Waals surface area contributed by atoms with Crippen LogP contribution in [0.15, 0.2) is 128 Å². The first-order valence-electron chi connectivity index (χ1n) is 16.3. The first-order valence-corrected chi connectivity index (χ1v) is 18.8. The van der Waals surface area contributed by atoms with Gasteiger partial charge in [0.2, 0.25) is 0 Å². The van der Waals surface area contributed by atoms with Gasteiger partial charge in [0, 0.05) is 68.5 Å². The summed E-state index contributed by atoms with van der Waals surface area (Å²) in [4.78, 5) is 7.75. The van der Waals surface area contributed by atoms with Crippen LogP contribution in [0.5, 0.6) is 0 Å². The molecule has 0 amide bonds. The molecule has 0 aliphatic rings. The fourth-order valence-corrected chi connectivity index (χ4v) is 7.48. The number of aryl methyl sites for hydroxylation is 1. The molecule has 0 radical (unpaired) electrons. The molecule has 1 aromatic heterocycles. The third-order valence-electron chi connectivity index (χ3n) is 8.14. The van der Waals surface area contributed by atoms with E-state index in [4.69, 9.17) is 0 Å². The van der Waals surface area contributed by atoms with Gasteiger partial charge < -0.3 is 9.80 Å². The molecule has 48 heavy (non-hydrogen) atoms. The molecule has 0 spiro atoms. The van der Waals surface area contributed by atoms with Gasteiger partial charge in [0.05, 0.1) is 11.5 Å². The van der Waals surface area contributed by atoms with Crippen molar-refractivity contribution in [1.82, 2.24) is 0 Å². The predicted octanol–water partition coefficient (Wildman–Crippen LogP) is 7.94. The van der Waals surface area contributed by atoms with Gasteiger partial charge in [0.25, 0.3) is 0 Å². The molecule has 244 valence electrons. The van der Waals surface area contributed by atoms with Crippen LogP contribution in [0.4, 0.5) is 11.4 Å². The second kappa shape index (κ2) is 17.6. The molecule has 0 atom stereocenters. The first-order chi connectivity index (χ1) is 23.4. The Morgan fingerprint density at radius 3 is 1.83 bits per heavy atom. The van der Waals surface area contributed by atoms with Crippen LogP contribution in [0.25, 0.3) is 39.8 Å². The number of hydrogen-bond acceptors (Lipinski definition) is 4. The zero-order chi connectivity index (χ0) is 33.7. The molecule has 0 aliphatic carbocycles. The van der Waals surface area contributed by atoms with Crippen LogP contribution in [0.3, 0.4) is 0 Å². The number of allylic oxidation sites excluding steroid dienone is 4. The number of benzene rings is 4. The molecule has 6 heteroatoms. The average Bonchev–Trinajstić information content (AvgIpc) is 3.11. The normalized spacial score (nSPS) is 12.2. The highest BCUT2D eigenvalue weighted by Gasteiger charge is 2.07. The SMILES string of the molecule is C=CC(/C=C/c1ccc(N(C)C)c2ccccc12)=C\C=[NH+]CCSSCC[n+]1ccc(/C=C/c2ccc(N(C)C)c3ccccc23)cc1. The molecule has 4 aromatic carbocycles. The maximum atomic E-state index is 4.00. The average molecular weight is 671 g/mol. The molecule has 0 saturated carbocycles. The van der Waals surface area contributed by atoms with Crippen molar-refractivity contribution in [3.8, 4) is 0 Å². The highest BCUT2D eigenvalue weighted by molar-refractivity contribution is 8.76. The van der Waals surface area contributed by atoms with E-state index < -0.39 is 0 Å². The zero-order valence-electron chi connectivity index (χ0n) is 28.5. The van der Waals surface area contributed by atoms with Crippen molar-refractivity contribution < 1.29 is 9.56 Å². The van der Waals surface area contributed by atoms with E-state index >= 15 is 0 Å². The lowest BCUT2D eigenvalue weighted by atomic mass is 10.0. The van der Waals surface area contributed by atoms with E-state index in [-0.39, 0.29) is 0 Å². The van der Waals surface area contributed by atoms with Crippen LogP contribution in [0, 0.1) is 0 Å². The van der Waals surface area contributed by atoms with E-state index in [1.165, 1.54) is 49.6 Å². The molecule has 5 aromatic rings. The summed E-state index contributed by atoms with van der Waals surface area (Å²) in [6.07, 6.45) is 19.1. The zero-order valence-corrected chi connectivity index (χ0v) is 30.1. The van der Waals surface area contributed by atoms with Crippen molar-refractivity contribution in [2.24, 2.45) is 0 Å². The topological polar surface area (TPSA) is 24.3 Å². The lowest BCUT2D eigenvalue weighted by molar-refractivity contribution is -0.692. The predicted molar refractivity (Wildman–Crippen MR) is 216 cm³/mol. The first kappa shape index (κ1) is 34.8. The maximum absolute atomic E-state index is 4.00. The lowest BCUT2D eigenvalue weighted by Crippen LogP contribution is -2.69. The van der Waals surface area contributed by atoms with Gasteiger partial charge in [-0.3, -0.25) is 0 Å². The molecule has 1 N–H and O–H groups in total. The number of nitrogens with zero attached hydrogens (tertiary/aromatic N) is 3. The molecule has 0 saturated heterocycles. The largest absolute Gasteiger partial charge is 0.377 e. The Bertz CT molecular complexity index is 1950. The molecule has 0 bridgehead atoms. The standard InChI is InChI=1S/C42H45N4S2/c1-6-33(15-17-35-19-21-41(44(2)3)39-13-9-7-11-37(35)39)23-26-43-27-31-47-48-32-30-46-28-24-34(25-29-46)16-18-36-20-22-42(45(4)5)40-14-10-8-12-38(36)40/h6-26,28-29H,1,27,30-32H2,2-5H3/q+1/p+1/b17-15+,33-23+,43-26?. The van der Waals surface area contributed by atoms with Crippen molar-refractivity contribution in [1.29, 1.82) is 0 Å². The smallest absolute Gasteiger partial charge is 0.169 e.